The molecule has 0 aromatic heterocycles. The van der Waals surface area contributed by atoms with E-state index in [-0.39, 0.29) is 35.7 Å². The molecule has 2 fully saturated rings. The van der Waals surface area contributed by atoms with Gasteiger partial charge in [-0.1, -0.05) is 115 Å². The minimum Gasteiger partial charge on any atom is -0.352 e. The molecule has 4 aromatic rings. The summed E-state index contributed by atoms with van der Waals surface area (Å²) in [6.45, 7) is 5.01. The van der Waals surface area contributed by atoms with Gasteiger partial charge < -0.3 is 20.4 Å². The van der Waals surface area contributed by atoms with Gasteiger partial charge in [-0.05, 0) is 71.5 Å². The van der Waals surface area contributed by atoms with Gasteiger partial charge in [0, 0.05) is 94.1 Å². The summed E-state index contributed by atoms with van der Waals surface area (Å²) < 4.78 is 1.69. The average Bonchev–Trinajstić information content (AvgIpc) is 3.82. The highest BCUT2D eigenvalue weighted by Crippen LogP contribution is 2.48. The van der Waals surface area contributed by atoms with E-state index in [1.165, 1.54) is 25.6 Å². The van der Waals surface area contributed by atoms with Crippen LogP contribution in [0.15, 0.2) is 104 Å². The summed E-state index contributed by atoms with van der Waals surface area (Å²) in [6, 6.07) is 23.2. The Labute approximate surface area is 352 Å². The summed E-state index contributed by atoms with van der Waals surface area (Å²) in [5, 5.41) is 6.79. The van der Waals surface area contributed by atoms with Crippen LogP contribution in [-0.4, -0.2) is 71.7 Å². The molecule has 4 amide bonds. The molecule has 2 aliphatic heterocycles. The zero-order valence-electron chi connectivity index (χ0n) is 30.1. The topological polar surface area (TPSA) is 98.8 Å². The van der Waals surface area contributed by atoms with Crippen molar-refractivity contribution in [2.45, 2.75) is 48.6 Å². The largest absolute Gasteiger partial charge is 0.352 e. The highest BCUT2D eigenvalue weighted by Gasteiger charge is 2.27. The van der Waals surface area contributed by atoms with E-state index in [1.807, 2.05) is 72.8 Å². The molecule has 4 aromatic carbocycles. The van der Waals surface area contributed by atoms with E-state index in [9.17, 15) is 19.2 Å². The smallest absolute Gasteiger partial charge is 0.246 e. The average molecular weight is 926 g/mol. The first kappa shape index (κ1) is 40.8. The van der Waals surface area contributed by atoms with Gasteiger partial charge in [-0.2, -0.15) is 0 Å². The van der Waals surface area contributed by atoms with Crippen molar-refractivity contribution in [3.63, 3.8) is 0 Å². The maximum absolute atomic E-state index is 13.2. The highest BCUT2D eigenvalue weighted by atomic mass is 79.9. The molecule has 6 rings (SSSR count). The van der Waals surface area contributed by atoms with Gasteiger partial charge in [0.2, 0.25) is 23.6 Å². The fourth-order valence-corrected chi connectivity index (χ4v) is 9.48. The van der Waals surface area contributed by atoms with E-state index >= 15 is 0 Å². The van der Waals surface area contributed by atoms with Crippen LogP contribution >= 0.6 is 66.8 Å². The lowest BCUT2D eigenvalue weighted by Crippen LogP contribution is -2.36. The number of hydrogen-bond donors (Lipinski definition) is 2. The Hall–Kier alpha value is -3.87. The van der Waals surface area contributed by atoms with Crippen LogP contribution in [0.25, 0.3) is 34.4 Å². The Morgan fingerprint density at radius 3 is 1.44 bits per heavy atom. The zero-order valence-corrected chi connectivity index (χ0v) is 35.6. The number of hydrogen-bond acceptors (Lipinski definition) is 5. The summed E-state index contributed by atoms with van der Waals surface area (Å²) in [6.07, 6.45) is 8.09. The van der Waals surface area contributed by atoms with Crippen LogP contribution < -0.4 is 10.6 Å². The van der Waals surface area contributed by atoms with Crippen molar-refractivity contribution in [1.29, 1.82) is 0 Å². The molecular weight excluding hydrogens is 887 g/mol. The molecular formula is C42H38Br2Cl2N4O4S. The molecule has 0 bridgehead atoms. The van der Waals surface area contributed by atoms with Crippen molar-refractivity contribution < 1.29 is 19.2 Å². The number of nitrogens with zero attached hydrogens (tertiary/aromatic N) is 2. The van der Waals surface area contributed by atoms with Gasteiger partial charge in [-0.15, -0.1) is 0 Å². The fraction of sp³-hybridized carbons (Fsp3) is 0.238. The normalized spacial score (nSPS) is 17.0. The van der Waals surface area contributed by atoms with Crippen LogP contribution in [0.5, 0.6) is 0 Å². The van der Waals surface area contributed by atoms with E-state index in [0.717, 1.165) is 52.1 Å². The number of rotatable bonds is 10. The standard InChI is InChI=1S/C42H38Br2Cl2N4O4S/c1-25(51)47-29-19-21-49(23-29)37(53)17-13-27-11-15-35(41(45)39(27)31-7-3-5-9-33(31)43)55-36-16-12-28(40(42(36)46)32-8-4-6-10-34(32)44)14-18-38(54)50-22-20-30(24-50)48-26(2)52/h3-18,29-30H,19-24H2,1-2H3,(H,47,51)(H,48,52). The van der Waals surface area contributed by atoms with Crippen molar-refractivity contribution in [2.75, 3.05) is 26.2 Å². The first-order valence-electron chi connectivity index (χ1n) is 17.7. The summed E-state index contributed by atoms with van der Waals surface area (Å²) in [7, 11) is 0. The van der Waals surface area contributed by atoms with Gasteiger partial charge in [0.25, 0.3) is 0 Å². The van der Waals surface area contributed by atoms with Crippen molar-refractivity contribution in [1.82, 2.24) is 20.4 Å². The molecule has 13 heteroatoms. The van der Waals surface area contributed by atoms with E-state index < -0.39 is 0 Å². The van der Waals surface area contributed by atoms with Crippen molar-refractivity contribution in [3.8, 4) is 22.3 Å². The van der Waals surface area contributed by atoms with E-state index in [1.54, 1.807) is 34.1 Å². The minimum atomic E-state index is -0.141. The monoisotopic (exact) mass is 922 g/mol. The third kappa shape index (κ3) is 9.93. The van der Waals surface area contributed by atoms with Crippen LogP contribution in [0.3, 0.4) is 0 Å². The summed E-state index contributed by atoms with van der Waals surface area (Å²) >= 11 is 23.4. The Morgan fingerprint density at radius 1 is 0.655 bits per heavy atom. The highest BCUT2D eigenvalue weighted by molar-refractivity contribution is 9.11. The molecule has 0 spiro atoms. The quantitative estimate of drug-likeness (QED) is 0.155. The van der Waals surface area contributed by atoms with Gasteiger partial charge in [0.1, 0.15) is 0 Å². The summed E-state index contributed by atoms with van der Waals surface area (Å²) in [5.41, 5.74) is 4.76. The molecule has 2 saturated heterocycles. The SMILES string of the molecule is CC(=O)NC1CCN(C(=O)C=Cc2ccc(Sc3ccc(C=CC(=O)N4CCC(NC(C)=O)C4)c(-c4ccccc4Br)c3Cl)c(Cl)c2-c2ccccc2Br)C1. The second-order valence-corrected chi connectivity index (χ2v) is 16.9. The molecule has 2 aliphatic rings. The number of amides is 4. The number of likely N-dealkylation sites (tertiary alicyclic amines) is 2. The minimum absolute atomic E-state index is 0.0560. The van der Waals surface area contributed by atoms with E-state index in [4.69, 9.17) is 23.2 Å². The maximum atomic E-state index is 13.2. The van der Waals surface area contributed by atoms with Crippen molar-refractivity contribution >= 4 is 103 Å². The Morgan fingerprint density at radius 2 is 1.05 bits per heavy atom. The Bertz CT molecular complexity index is 2060. The summed E-state index contributed by atoms with van der Waals surface area (Å²) in [4.78, 5) is 54.5. The summed E-state index contributed by atoms with van der Waals surface area (Å²) in [5.74, 6) is -0.500. The van der Waals surface area contributed by atoms with Crippen LogP contribution in [0.4, 0.5) is 0 Å². The lowest BCUT2D eigenvalue weighted by molar-refractivity contribution is -0.126. The van der Waals surface area contributed by atoms with Gasteiger partial charge in [-0.3, -0.25) is 19.2 Å². The number of halogens is 4. The Kier molecular flexibility index (Phi) is 13.6. The number of benzene rings is 4. The molecule has 0 aliphatic carbocycles. The first-order chi connectivity index (χ1) is 26.4. The van der Waals surface area contributed by atoms with Gasteiger partial charge in [0.05, 0.1) is 10.0 Å². The molecule has 2 atom stereocenters. The van der Waals surface area contributed by atoms with Crippen LogP contribution in [-0.2, 0) is 19.2 Å². The number of carbonyl (C=O) groups is 4. The zero-order chi connectivity index (χ0) is 39.2. The first-order valence-corrected chi connectivity index (χ1v) is 20.9. The molecule has 0 radical (unpaired) electrons. The second-order valence-electron chi connectivity index (χ2n) is 13.4. The predicted octanol–water partition coefficient (Wildman–Crippen LogP) is 9.50. The number of nitrogens with one attached hydrogen (secondary N) is 2. The molecule has 2 unspecified atom stereocenters. The molecule has 8 nitrogen and oxygen atoms in total. The van der Waals surface area contributed by atoms with Crippen LogP contribution in [0, 0.1) is 0 Å². The lowest BCUT2D eigenvalue weighted by Gasteiger charge is -2.18. The van der Waals surface area contributed by atoms with Gasteiger partial charge >= 0.3 is 0 Å². The molecule has 2 N–H and O–H groups in total. The van der Waals surface area contributed by atoms with Crippen LogP contribution in [0.1, 0.15) is 37.8 Å². The molecule has 0 saturated carbocycles. The molecule has 2 heterocycles. The molecule has 284 valence electrons. The van der Waals surface area contributed by atoms with Crippen molar-refractivity contribution in [3.05, 3.63) is 115 Å². The van der Waals surface area contributed by atoms with E-state index in [0.29, 0.717) is 49.1 Å². The van der Waals surface area contributed by atoms with Crippen molar-refractivity contribution in [2.24, 2.45) is 0 Å². The van der Waals surface area contributed by atoms with Crippen LogP contribution in [0.2, 0.25) is 10.0 Å². The maximum Gasteiger partial charge on any atom is 0.246 e. The molecule has 55 heavy (non-hydrogen) atoms. The second kappa shape index (κ2) is 18.4. The third-order valence-electron chi connectivity index (χ3n) is 9.41. The number of carbonyl (C=O) groups excluding carboxylic acids is 4. The fourth-order valence-electron chi connectivity index (χ4n) is 6.84. The third-order valence-corrected chi connectivity index (χ3v) is 12.9. The predicted molar refractivity (Wildman–Crippen MR) is 229 cm³/mol. The van der Waals surface area contributed by atoms with E-state index in [2.05, 4.69) is 42.5 Å². The van der Waals surface area contributed by atoms with Gasteiger partial charge in [0.15, 0.2) is 0 Å². The van der Waals surface area contributed by atoms with Gasteiger partial charge in [-0.25, -0.2) is 0 Å². The Balaban J connectivity index is 1.32. The lowest BCUT2D eigenvalue weighted by atomic mass is 9.99.